The van der Waals surface area contributed by atoms with Gasteiger partial charge in [-0.25, -0.2) is 9.78 Å². The second-order valence-corrected chi connectivity index (χ2v) is 5.64. The van der Waals surface area contributed by atoms with Crippen molar-refractivity contribution in [1.29, 1.82) is 0 Å². The van der Waals surface area contributed by atoms with Gasteiger partial charge in [0.2, 0.25) is 0 Å². The van der Waals surface area contributed by atoms with E-state index in [0.717, 1.165) is 19.7 Å². The molecule has 0 atom stereocenters. The van der Waals surface area contributed by atoms with E-state index in [4.69, 9.17) is 4.74 Å². The van der Waals surface area contributed by atoms with Gasteiger partial charge in [-0.05, 0) is 25.1 Å². The van der Waals surface area contributed by atoms with Crippen molar-refractivity contribution < 1.29 is 9.53 Å². The molecule has 4 nitrogen and oxygen atoms in total. The number of imidazole rings is 1. The third kappa shape index (κ3) is 1.81. The van der Waals surface area contributed by atoms with E-state index in [1.54, 1.807) is 24.5 Å². The minimum absolute atomic E-state index is 0.355. The molecular formula is C12H9BrN2O2S. The van der Waals surface area contributed by atoms with Crippen molar-refractivity contribution in [2.75, 3.05) is 6.61 Å². The van der Waals surface area contributed by atoms with Crippen molar-refractivity contribution in [3.05, 3.63) is 34.6 Å². The number of nitrogens with zero attached hydrogens (tertiary/aromatic N) is 2. The summed E-state index contributed by atoms with van der Waals surface area (Å²) in [4.78, 5) is 16.7. The summed E-state index contributed by atoms with van der Waals surface area (Å²) in [7, 11) is 0. The van der Waals surface area contributed by atoms with Crippen LogP contribution in [0.15, 0.2) is 28.9 Å². The lowest BCUT2D eigenvalue weighted by atomic mass is 10.3. The van der Waals surface area contributed by atoms with Gasteiger partial charge in [0, 0.05) is 10.7 Å². The lowest BCUT2D eigenvalue weighted by molar-refractivity contribution is 0.0520. The predicted octanol–water partition coefficient (Wildman–Crippen LogP) is 3.49. The van der Waals surface area contributed by atoms with Crippen LogP contribution in [0.2, 0.25) is 0 Å². The number of hydrogen-bond acceptors (Lipinski definition) is 4. The average molecular weight is 325 g/mol. The largest absolute Gasteiger partial charge is 0.461 e. The first-order valence-corrected chi connectivity index (χ1v) is 7.04. The van der Waals surface area contributed by atoms with Gasteiger partial charge >= 0.3 is 5.97 Å². The summed E-state index contributed by atoms with van der Waals surface area (Å²) in [6.07, 6.45) is 1.72. The van der Waals surface area contributed by atoms with Crippen LogP contribution in [0.4, 0.5) is 0 Å². The summed E-state index contributed by atoms with van der Waals surface area (Å²) in [5, 5.41) is 0. The minimum Gasteiger partial charge on any atom is -0.461 e. The number of benzene rings is 1. The molecule has 3 rings (SSSR count). The molecule has 6 heteroatoms. The van der Waals surface area contributed by atoms with E-state index in [2.05, 4.69) is 20.9 Å². The molecule has 0 saturated heterocycles. The van der Waals surface area contributed by atoms with Gasteiger partial charge in [0.25, 0.3) is 0 Å². The lowest BCUT2D eigenvalue weighted by Crippen LogP contribution is -2.04. The summed E-state index contributed by atoms with van der Waals surface area (Å²) >= 11 is 4.99. The highest BCUT2D eigenvalue weighted by Gasteiger charge is 2.14. The summed E-state index contributed by atoms with van der Waals surface area (Å²) < 4.78 is 9.02. The molecule has 3 aromatic rings. The fourth-order valence-corrected chi connectivity index (χ4v) is 3.34. The molecule has 92 valence electrons. The Kier molecular flexibility index (Phi) is 2.83. The fraction of sp³-hybridized carbons (Fsp3) is 0.167. The van der Waals surface area contributed by atoms with E-state index < -0.39 is 0 Å². The van der Waals surface area contributed by atoms with Gasteiger partial charge < -0.3 is 4.74 Å². The van der Waals surface area contributed by atoms with Crippen molar-refractivity contribution in [1.82, 2.24) is 9.38 Å². The highest BCUT2D eigenvalue weighted by molar-refractivity contribution is 9.10. The van der Waals surface area contributed by atoms with Crippen LogP contribution in [-0.4, -0.2) is 22.0 Å². The molecule has 0 fully saturated rings. The molecule has 0 amide bonds. The van der Waals surface area contributed by atoms with Gasteiger partial charge in [0.15, 0.2) is 10.7 Å². The van der Waals surface area contributed by atoms with E-state index >= 15 is 0 Å². The van der Waals surface area contributed by atoms with Crippen molar-refractivity contribution >= 4 is 48.4 Å². The number of ether oxygens (including phenoxy) is 1. The SMILES string of the molecule is CCOC(=O)c1cn2c(n1)sc1cc(Br)ccc12. The highest BCUT2D eigenvalue weighted by Crippen LogP contribution is 2.28. The molecule has 0 aliphatic heterocycles. The molecule has 0 aliphatic rings. The molecular weight excluding hydrogens is 316 g/mol. The maximum atomic E-state index is 11.6. The number of fused-ring (bicyclic) bond motifs is 3. The van der Waals surface area contributed by atoms with Crippen LogP contribution >= 0.6 is 27.3 Å². The number of hydrogen-bond donors (Lipinski definition) is 0. The zero-order valence-corrected chi connectivity index (χ0v) is 11.9. The molecule has 0 bridgehead atoms. The normalized spacial score (nSPS) is 11.2. The number of aromatic nitrogens is 2. The second-order valence-electron chi connectivity index (χ2n) is 3.71. The van der Waals surface area contributed by atoms with Gasteiger partial charge in [-0.2, -0.15) is 0 Å². The Labute approximate surface area is 115 Å². The second kappa shape index (κ2) is 4.37. The van der Waals surface area contributed by atoms with E-state index in [1.807, 2.05) is 22.6 Å². The van der Waals surface area contributed by atoms with Gasteiger partial charge in [0.05, 0.1) is 16.8 Å². The fourth-order valence-electron chi connectivity index (χ4n) is 1.78. The van der Waals surface area contributed by atoms with Crippen LogP contribution < -0.4 is 0 Å². The standard InChI is InChI=1S/C12H9BrN2O2S/c1-2-17-11(16)8-6-15-9-4-3-7(13)5-10(9)18-12(15)14-8/h3-6H,2H2,1H3. The molecule has 0 spiro atoms. The van der Waals surface area contributed by atoms with Crippen LogP contribution in [0.3, 0.4) is 0 Å². The Bertz CT molecular complexity index is 747. The minimum atomic E-state index is -0.376. The van der Waals surface area contributed by atoms with E-state index in [1.165, 1.54) is 0 Å². The Hall–Kier alpha value is -1.40. The third-order valence-electron chi connectivity index (χ3n) is 2.54. The van der Waals surface area contributed by atoms with Gasteiger partial charge in [-0.3, -0.25) is 4.40 Å². The van der Waals surface area contributed by atoms with Crippen molar-refractivity contribution in [3.63, 3.8) is 0 Å². The van der Waals surface area contributed by atoms with Crippen LogP contribution in [0.25, 0.3) is 15.2 Å². The maximum Gasteiger partial charge on any atom is 0.358 e. The number of esters is 1. The van der Waals surface area contributed by atoms with Crippen LogP contribution in [0.1, 0.15) is 17.4 Å². The molecule has 2 aromatic heterocycles. The first-order valence-electron chi connectivity index (χ1n) is 5.43. The molecule has 0 unspecified atom stereocenters. The Morgan fingerprint density at radius 1 is 1.56 bits per heavy atom. The first kappa shape index (κ1) is 11.7. The number of rotatable bonds is 2. The number of carbonyl (C=O) groups is 1. The first-order chi connectivity index (χ1) is 8.69. The maximum absolute atomic E-state index is 11.6. The Balaban J connectivity index is 2.16. The van der Waals surface area contributed by atoms with Crippen LogP contribution in [0, 0.1) is 0 Å². The topological polar surface area (TPSA) is 43.6 Å². The van der Waals surface area contributed by atoms with Gasteiger partial charge in [-0.1, -0.05) is 27.3 Å². The van der Waals surface area contributed by atoms with Crippen molar-refractivity contribution in [3.8, 4) is 0 Å². The van der Waals surface area contributed by atoms with Crippen LogP contribution in [0.5, 0.6) is 0 Å². The van der Waals surface area contributed by atoms with Crippen molar-refractivity contribution in [2.45, 2.75) is 6.92 Å². The molecule has 0 saturated carbocycles. The Morgan fingerprint density at radius 2 is 2.39 bits per heavy atom. The molecule has 18 heavy (non-hydrogen) atoms. The van der Waals surface area contributed by atoms with E-state index in [9.17, 15) is 4.79 Å². The third-order valence-corrected chi connectivity index (χ3v) is 4.05. The number of halogens is 1. The zero-order valence-electron chi connectivity index (χ0n) is 9.51. The van der Waals surface area contributed by atoms with Crippen molar-refractivity contribution in [2.24, 2.45) is 0 Å². The monoisotopic (exact) mass is 324 g/mol. The summed E-state index contributed by atoms with van der Waals surface area (Å²) in [5.41, 5.74) is 1.40. The molecule has 0 aliphatic carbocycles. The summed E-state index contributed by atoms with van der Waals surface area (Å²) in [5.74, 6) is -0.376. The van der Waals surface area contributed by atoms with Crippen LogP contribution in [-0.2, 0) is 4.74 Å². The predicted molar refractivity (Wildman–Crippen MR) is 74.2 cm³/mol. The quantitative estimate of drug-likeness (QED) is 0.678. The highest BCUT2D eigenvalue weighted by atomic mass is 79.9. The van der Waals surface area contributed by atoms with E-state index in [-0.39, 0.29) is 5.97 Å². The molecule has 0 radical (unpaired) electrons. The summed E-state index contributed by atoms with van der Waals surface area (Å²) in [6.45, 7) is 2.14. The number of thiazole rings is 1. The molecule has 1 aromatic carbocycles. The smallest absolute Gasteiger partial charge is 0.358 e. The van der Waals surface area contributed by atoms with E-state index in [0.29, 0.717) is 12.3 Å². The zero-order chi connectivity index (χ0) is 12.7. The van der Waals surface area contributed by atoms with Gasteiger partial charge in [-0.15, -0.1) is 0 Å². The average Bonchev–Trinajstić information content (AvgIpc) is 2.85. The molecule has 2 heterocycles. The van der Waals surface area contributed by atoms with Gasteiger partial charge in [0.1, 0.15) is 0 Å². The Morgan fingerprint density at radius 3 is 3.17 bits per heavy atom. The summed E-state index contributed by atoms with van der Waals surface area (Å²) in [6, 6.07) is 6.01. The number of carbonyl (C=O) groups excluding carboxylic acids is 1. The molecule has 0 N–H and O–H groups in total. The lowest BCUT2D eigenvalue weighted by Gasteiger charge is -1.96.